The number of hydrogen-bond donors (Lipinski definition) is 1. The Morgan fingerprint density at radius 2 is 2.00 bits per heavy atom. The maximum Gasteiger partial charge on any atom is -0.00431 e. The van der Waals surface area contributed by atoms with Crippen LogP contribution in [0.4, 0.5) is 0 Å². The summed E-state index contributed by atoms with van der Waals surface area (Å²) in [4.78, 5) is 0. The molecule has 1 aliphatic rings. The van der Waals surface area contributed by atoms with Crippen LogP contribution in [0, 0.1) is 5.92 Å². The Hall–Kier alpha value is -1.08. The highest BCUT2D eigenvalue weighted by molar-refractivity contribution is 5.42. The summed E-state index contributed by atoms with van der Waals surface area (Å²) in [5.41, 5.74) is 2.70. The molecule has 1 N–H and O–H groups in total. The highest BCUT2D eigenvalue weighted by Crippen LogP contribution is 2.28. The van der Waals surface area contributed by atoms with Crippen molar-refractivity contribution in [3.05, 3.63) is 48.6 Å². The molecule has 1 rings (SSSR count). The minimum absolute atomic E-state index is 0.686. The number of nitrogens with one attached hydrogen (secondary N) is 1. The Bertz CT molecular complexity index is 291. The second-order valence-electron chi connectivity index (χ2n) is 4.15. The van der Waals surface area contributed by atoms with E-state index in [1.807, 2.05) is 12.2 Å². The Morgan fingerprint density at radius 3 is 2.50 bits per heavy atom. The third-order valence-electron chi connectivity index (χ3n) is 3.05. The first-order chi connectivity index (χ1) is 7.83. The number of rotatable bonds is 5. The van der Waals surface area contributed by atoms with Gasteiger partial charge in [0.15, 0.2) is 0 Å². The van der Waals surface area contributed by atoms with E-state index in [1.165, 1.54) is 24.0 Å². The molecule has 16 heavy (non-hydrogen) atoms. The fourth-order valence-electron chi connectivity index (χ4n) is 2.28. The van der Waals surface area contributed by atoms with Crippen LogP contribution in [0.2, 0.25) is 0 Å². The third-order valence-corrected chi connectivity index (χ3v) is 3.05. The summed E-state index contributed by atoms with van der Waals surface area (Å²) in [6.07, 6.45) is 11.8. The van der Waals surface area contributed by atoms with Crippen molar-refractivity contribution in [2.75, 3.05) is 13.1 Å². The topological polar surface area (TPSA) is 12.0 Å². The molecule has 0 saturated carbocycles. The summed E-state index contributed by atoms with van der Waals surface area (Å²) in [6, 6.07) is 0. The number of hydrogen-bond acceptors (Lipinski definition) is 1. The lowest BCUT2D eigenvalue weighted by atomic mass is 9.84. The Balaban J connectivity index is 2.88. The van der Waals surface area contributed by atoms with Gasteiger partial charge in [-0.1, -0.05) is 44.4 Å². The van der Waals surface area contributed by atoms with E-state index in [2.05, 4.69) is 37.6 Å². The van der Waals surface area contributed by atoms with Gasteiger partial charge in [-0.3, -0.25) is 0 Å². The minimum atomic E-state index is 0.686. The van der Waals surface area contributed by atoms with E-state index in [9.17, 15) is 0 Å². The van der Waals surface area contributed by atoms with Gasteiger partial charge in [-0.2, -0.15) is 0 Å². The van der Waals surface area contributed by atoms with Crippen LogP contribution in [0.1, 0.15) is 26.2 Å². The van der Waals surface area contributed by atoms with Crippen molar-refractivity contribution >= 4 is 0 Å². The molecule has 0 unspecified atom stereocenters. The van der Waals surface area contributed by atoms with Crippen LogP contribution in [0.25, 0.3) is 0 Å². The van der Waals surface area contributed by atoms with E-state index >= 15 is 0 Å². The molecular weight excluding hydrogens is 194 g/mol. The average molecular weight is 217 g/mol. The second kappa shape index (κ2) is 7.24. The first-order valence-electron chi connectivity index (χ1n) is 6.19. The predicted molar refractivity (Wildman–Crippen MR) is 72.4 cm³/mol. The zero-order valence-electron chi connectivity index (χ0n) is 10.3. The van der Waals surface area contributed by atoms with Crippen molar-refractivity contribution in [1.82, 2.24) is 5.32 Å². The zero-order valence-corrected chi connectivity index (χ0v) is 10.3. The molecular formula is C15H23N. The molecule has 0 aromatic carbocycles. The van der Waals surface area contributed by atoms with Gasteiger partial charge in [0.1, 0.15) is 0 Å². The van der Waals surface area contributed by atoms with Crippen molar-refractivity contribution in [2.24, 2.45) is 5.92 Å². The van der Waals surface area contributed by atoms with Gasteiger partial charge in [-0.05, 0) is 49.4 Å². The third kappa shape index (κ3) is 3.49. The molecule has 1 heterocycles. The fourth-order valence-corrected chi connectivity index (χ4v) is 2.28. The predicted octanol–water partition coefficient (Wildman–Crippen LogP) is 3.62. The van der Waals surface area contributed by atoms with Gasteiger partial charge in [-0.25, -0.2) is 0 Å². The largest absolute Gasteiger partial charge is 0.317 e. The molecule has 0 aromatic heterocycles. The van der Waals surface area contributed by atoms with Gasteiger partial charge < -0.3 is 5.32 Å². The van der Waals surface area contributed by atoms with E-state index in [0.29, 0.717) is 5.92 Å². The van der Waals surface area contributed by atoms with Crippen LogP contribution in [0.3, 0.4) is 0 Å². The lowest BCUT2D eigenvalue weighted by Gasteiger charge is -2.26. The van der Waals surface area contributed by atoms with Crippen LogP contribution in [-0.2, 0) is 0 Å². The number of allylic oxidation sites excluding steroid dienone is 6. The maximum atomic E-state index is 3.91. The SMILES string of the molecule is C=C/C=C(C=C)/C(=C\CC)C1CCNCC1. The normalized spacial score (nSPS) is 19.6. The summed E-state index contributed by atoms with van der Waals surface area (Å²) >= 11 is 0. The summed E-state index contributed by atoms with van der Waals surface area (Å²) in [6.45, 7) is 12.1. The molecule has 0 aromatic rings. The Morgan fingerprint density at radius 1 is 1.31 bits per heavy atom. The quantitative estimate of drug-likeness (QED) is 0.694. The minimum Gasteiger partial charge on any atom is -0.317 e. The smallest absolute Gasteiger partial charge is 0.00431 e. The fraction of sp³-hybridized carbons (Fsp3) is 0.467. The van der Waals surface area contributed by atoms with Gasteiger partial charge in [0.2, 0.25) is 0 Å². The highest BCUT2D eigenvalue weighted by atomic mass is 14.9. The van der Waals surface area contributed by atoms with Gasteiger partial charge >= 0.3 is 0 Å². The standard InChI is InChI=1S/C15H23N/c1-4-7-13(6-3)15(8-5-2)14-9-11-16-12-10-14/h4,6-8,14,16H,1,3,5,9-12H2,2H3/b13-7+,15-8+. The summed E-state index contributed by atoms with van der Waals surface area (Å²) in [5.74, 6) is 0.686. The van der Waals surface area contributed by atoms with Crippen LogP contribution in [-0.4, -0.2) is 13.1 Å². The first kappa shape index (κ1) is 13.0. The van der Waals surface area contributed by atoms with Gasteiger partial charge in [0, 0.05) is 0 Å². The molecule has 0 spiro atoms. The van der Waals surface area contributed by atoms with E-state index in [4.69, 9.17) is 0 Å². The molecule has 0 amide bonds. The maximum absolute atomic E-state index is 3.91. The molecule has 0 aliphatic carbocycles. The van der Waals surface area contributed by atoms with E-state index in [0.717, 1.165) is 19.5 Å². The van der Waals surface area contributed by atoms with Crippen molar-refractivity contribution in [2.45, 2.75) is 26.2 Å². The van der Waals surface area contributed by atoms with Crippen LogP contribution < -0.4 is 5.32 Å². The van der Waals surface area contributed by atoms with Gasteiger partial charge in [0.05, 0.1) is 0 Å². The highest BCUT2D eigenvalue weighted by Gasteiger charge is 2.18. The molecule has 1 saturated heterocycles. The average Bonchev–Trinajstić information content (AvgIpc) is 2.35. The van der Waals surface area contributed by atoms with Crippen LogP contribution in [0.15, 0.2) is 48.6 Å². The van der Waals surface area contributed by atoms with Crippen molar-refractivity contribution in [3.63, 3.8) is 0 Å². The lowest BCUT2D eigenvalue weighted by molar-refractivity contribution is 0.423. The molecule has 1 fully saturated rings. The number of piperidine rings is 1. The molecule has 1 heteroatoms. The van der Waals surface area contributed by atoms with Crippen molar-refractivity contribution < 1.29 is 0 Å². The molecule has 1 nitrogen and oxygen atoms in total. The van der Waals surface area contributed by atoms with Crippen LogP contribution >= 0.6 is 0 Å². The van der Waals surface area contributed by atoms with E-state index in [-0.39, 0.29) is 0 Å². The molecule has 0 bridgehead atoms. The second-order valence-corrected chi connectivity index (χ2v) is 4.15. The van der Waals surface area contributed by atoms with Crippen molar-refractivity contribution in [1.29, 1.82) is 0 Å². The lowest BCUT2D eigenvalue weighted by Crippen LogP contribution is -2.28. The monoisotopic (exact) mass is 217 g/mol. The molecule has 0 radical (unpaired) electrons. The van der Waals surface area contributed by atoms with Crippen LogP contribution in [0.5, 0.6) is 0 Å². The summed E-state index contributed by atoms with van der Waals surface area (Å²) in [7, 11) is 0. The van der Waals surface area contributed by atoms with Crippen molar-refractivity contribution in [3.8, 4) is 0 Å². The van der Waals surface area contributed by atoms with E-state index < -0.39 is 0 Å². The first-order valence-corrected chi connectivity index (χ1v) is 6.19. The van der Waals surface area contributed by atoms with Gasteiger partial charge in [0.25, 0.3) is 0 Å². The van der Waals surface area contributed by atoms with E-state index in [1.54, 1.807) is 0 Å². The zero-order chi connectivity index (χ0) is 11.8. The van der Waals surface area contributed by atoms with Gasteiger partial charge in [-0.15, -0.1) is 0 Å². The summed E-state index contributed by atoms with van der Waals surface area (Å²) < 4.78 is 0. The summed E-state index contributed by atoms with van der Waals surface area (Å²) in [5, 5.41) is 3.41. The Labute approximate surface area is 99.6 Å². The molecule has 88 valence electrons. The Kier molecular flexibility index (Phi) is 5.87. The molecule has 0 atom stereocenters. The molecule has 1 aliphatic heterocycles.